The van der Waals surface area contributed by atoms with Crippen LogP contribution in [-0.4, -0.2) is 55.7 Å². The molecule has 1 saturated heterocycles. The van der Waals surface area contributed by atoms with Gasteiger partial charge in [0.15, 0.2) is 0 Å². The molecule has 38 heavy (non-hydrogen) atoms. The van der Waals surface area contributed by atoms with Crippen LogP contribution in [0.2, 0.25) is 0 Å². The number of fused-ring (bicyclic) bond motifs is 1. The number of benzene rings is 3. The molecule has 6 nitrogen and oxygen atoms in total. The Balaban J connectivity index is 1.44. The van der Waals surface area contributed by atoms with Gasteiger partial charge in [0, 0.05) is 30.6 Å². The van der Waals surface area contributed by atoms with Crippen LogP contribution in [0.1, 0.15) is 47.3 Å². The molecule has 0 radical (unpaired) electrons. The Labute approximate surface area is 224 Å². The number of hydrogen-bond acceptors (Lipinski definition) is 5. The van der Waals surface area contributed by atoms with E-state index in [-0.39, 0.29) is 11.9 Å². The third-order valence-electron chi connectivity index (χ3n) is 7.26. The highest BCUT2D eigenvalue weighted by atomic mass is 16.5. The van der Waals surface area contributed by atoms with Crippen molar-refractivity contribution in [2.24, 2.45) is 0 Å². The smallest absolute Gasteiger partial charge is 0.252 e. The van der Waals surface area contributed by atoms with Gasteiger partial charge in [-0.2, -0.15) is 0 Å². The molecule has 0 aliphatic carbocycles. The van der Waals surface area contributed by atoms with Gasteiger partial charge >= 0.3 is 0 Å². The second-order valence-electron chi connectivity index (χ2n) is 10.00. The third kappa shape index (κ3) is 5.72. The molecule has 0 unspecified atom stereocenters. The van der Waals surface area contributed by atoms with Gasteiger partial charge in [-0.3, -0.25) is 9.69 Å². The first-order valence-electron chi connectivity index (χ1n) is 13.3. The second-order valence-corrected chi connectivity index (χ2v) is 10.00. The normalized spacial score (nSPS) is 14.9. The second kappa shape index (κ2) is 11.8. The number of carbonyl (C=O) groups is 1. The van der Waals surface area contributed by atoms with Gasteiger partial charge in [0.05, 0.1) is 43.1 Å². The molecule has 6 heteroatoms. The molecule has 1 N–H and O–H groups in total. The summed E-state index contributed by atoms with van der Waals surface area (Å²) in [7, 11) is 1.65. The number of pyridine rings is 1. The maximum Gasteiger partial charge on any atom is 0.252 e. The molecule has 3 aromatic carbocycles. The molecule has 5 rings (SSSR count). The molecule has 0 bridgehead atoms. The van der Waals surface area contributed by atoms with Crippen LogP contribution in [0.3, 0.4) is 0 Å². The van der Waals surface area contributed by atoms with E-state index in [0.717, 1.165) is 41.0 Å². The van der Waals surface area contributed by atoms with Gasteiger partial charge in [0.1, 0.15) is 5.75 Å². The topological polar surface area (TPSA) is 63.7 Å². The van der Waals surface area contributed by atoms with Crippen molar-refractivity contribution >= 4 is 16.8 Å². The van der Waals surface area contributed by atoms with E-state index in [0.29, 0.717) is 31.2 Å². The van der Waals surface area contributed by atoms with Gasteiger partial charge in [0.2, 0.25) is 0 Å². The van der Waals surface area contributed by atoms with E-state index in [1.165, 1.54) is 11.1 Å². The minimum Gasteiger partial charge on any atom is -0.497 e. The van der Waals surface area contributed by atoms with Crippen molar-refractivity contribution in [3.05, 3.63) is 95.6 Å². The van der Waals surface area contributed by atoms with Crippen molar-refractivity contribution < 1.29 is 14.3 Å². The molecule has 2 heterocycles. The molecule has 1 aliphatic heterocycles. The van der Waals surface area contributed by atoms with Crippen molar-refractivity contribution in [1.82, 2.24) is 15.2 Å². The molecule has 0 spiro atoms. The van der Waals surface area contributed by atoms with Gasteiger partial charge in [0.25, 0.3) is 5.91 Å². The summed E-state index contributed by atoms with van der Waals surface area (Å²) in [6.45, 7) is 7.99. The van der Waals surface area contributed by atoms with Crippen molar-refractivity contribution in [2.45, 2.75) is 25.8 Å². The molecule has 1 aromatic heterocycles. The monoisotopic (exact) mass is 509 g/mol. The minimum atomic E-state index is -0.107. The molecule has 196 valence electrons. The highest BCUT2D eigenvalue weighted by Crippen LogP contribution is 2.28. The Morgan fingerprint density at radius 3 is 2.45 bits per heavy atom. The summed E-state index contributed by atoms with van der Waals surface area (Å²) in [5, 5.41) is 4.09. The predicted molar refractivity (Wildman–Crippen MR) is 152 cm³/mol. The largest absolute Gasteiger partial charge is 0.497 e. The van der Waals surface area contributed by atoms with Gasteiger partial charge < -0.3 is 14.8 Å². The maximum absolute atomic E-state index is 13.7. The number of aromatic nitrogens is 1. The number of carbonyl (C=O) groups excluding carboxylic acids is 1. The summed E-state index contributed by atoms with van der Waals surface area (Å²) in [6, 6.07) is 26.3. The number of rotatable bonds is 8. The molecule has 1 amide bonds. The third-order valence-corrected chi connectivity index (χ3v) is 7.26. The van der Waals surface area contributed by atoms with E-state index in [9.17, 15) is 4.79 Å². The van der Waals surface area contributed by atoms with E-state index < -0.39 is 0 Å². The Hall–Kier alpha value is -3.74. The zero-order valence-corrected chi connectivity index (χ0v) is 22.3. The number of methoxy groups -OCH3 is 1. The van der Waals surface area contributed by atoms with Crippen molar-refractivity contribution in [1.29, 1.82) is 0 Å². The zero-order chi connectivity index (χ0) is 26.5. The van der Waals surface area contributed by atoms with E-state index in [4.69, 9.17) is 14.5 Å². The summed E-state index contributed by atoms with van der Waals surface area (Å²) >= 11 is 0. The number of ether oxygens (including phenoxy) is 2. The van der Waals surface area contributed by atoms with Crippen LogP contribution in [0.4, 0.5) is 0 Å². The average molecular weight is 510 g/mol. The van der Waals surface area contributed by atoms with E-state index >= 15 is 0 Å². The Morgan fingerprint density at radius 2 is 1.71 bits per heavy atom. The fraction of sp³-hybridized carbons (Fsp3) is 0.312. The van der Waals surface area contributed by atoms with Gasteiger partial charge in [-0.25, -0.2) is 4.98 Å². The molecule has 1 atom stereocenters. The Kier molecular flexibility index (Phi) is 8.01. The standard InChI is InChI=1S/C32H35N3O3/c1-22(2)23-11-13-24(14-12-23)31(35-15-17-38-18-16-35)21-33-32(36)28-20-30(25-7-6-8-26(19-25)37-3)34-29-10-5-4-9-27(28)29/h4-14,19-20,22,31H,15-18,21H2,1-3H3,(H,33,36)/t31-/m1/s1. The van der Waals surface area contributed by atoms with Gasteiger partial charge in [-0.1, -0.05) is 68.4 Å². The summed E-state index contributed by atoms with van der Waals surface area (Å²) in [6.07, 6.45) is 0. The quantitative estimate of drug-likeness (QED) is 0.323. The highest BCUT2D eigenvalue weighted by molar-refractivity contribution is 6.07. The van der Waals surface area contributed by atoms with Crippen LogP contribution in [0.5, 0.6) is 5.75 Å². The minimum absolute atomic E-state index is 0.0648. The number of morpholine rings is 1. The first kappa shape index (κ1) is 25.9. The highest BCUT2D eigenvalue weighted by Gasteiger charge is 2.24. The lowest BCUT2D eigenvalue weighted by atomic mass is 9.98. The molecular formula is C32H35N3O3. The number of nitrogens with one attached hydrogen (secondary N) is 1. The summed E-state index contributed by atoms with van der Waals surface area (Å²) < 4.78 is 11.0. The van der Waals surface area contributed by atoms with E-state index in [1.54, 1.807) is 7.11 Å². The lowest BCUT2D eigenvalue weighted by molar-refractivity contribution is 0.0162. The van der Waals surface area contributed by atoms with E-state index in [2.05, 4.69) is 48.3 Å². The van der Waals surface area contributed by atoms with E-state index in [1.807, 2.05) is 54.6 Å². The summed E-state index contributed by atoms with van der Waals surface area (Å²) in [4.78, 5) is 21.0. The fourth-order valence-corrected chi connectivity index (χ4v) is 5.03. The first-order chi connectivity index (χ1) is 18.5. The van der Waals surface area contributed by atoms with Crippen LogP contribution < -0.4 is 10.1 Å². The lowest BCUT2D eigenvalue weighted by Gasteiger charge is -2.35. The lowest BCUT2D eigenvalue weighted by Crippen LogP contribution is -2.43. The van der Waals surface area contributed by atoms with Crippen molar-refractivity contribution in [3.8, 4) is 17.0 Å². The van der Waals surface area contributed by atoms with Crippen LogP contribution >= 0.6 is 0 Å². The number of nitrogens with zero attached hydrogens (tertiary/aromatic N) is 2. The average Bonchev–Trinajstić information content (AvgIpc) is 2.97. The van der Waals surface area contributed by atoms with Crippen molar-refractivity contribution in [3.63, 3.8) is 0 Å². The number of hydrogen-bond donors (Lipinski definition) is 1. The number of amides is 1. The van der Waals surface area contributed by atoms with Crippen molar-refractivity contribution in [2.75, 3.05) is 40.0 Å². The predicted octanol–water partition coefficient (Wildman–Crippen LogP) is 5.84. The Bertz CT molecular complexity index is 1400. The molecule has 4 aromatic rings. The molecule has 0 saturated carbocycles. The fourth-order valence-electron chi connectivity index (χ4n) is 5.03. The summed E-state index contributed by atoms with van der Waals surface area (Å²) in [5.74, 6) is 1.12. The number of para-hydroxylation sites is 1. The first-order valence-corrected chi connectivity index (χ1v) is 13.3. The van der Waals surface area contributed by atoms with Crippen LogP contribution in [0.25, 0.3) is 22.2 Å². The summed E-state index contributed by atoms with van der Waals surface area (Å²) in [5.41, 5.74) is 5.55. The van der Waals surface area contributed by atoms with Crippen LogP contribution in [0.15, 0.2) is 78.9 Å². The molecule has 1 fully saturated rings. The maximum atomic E-state index is 13.7. The zero-order valence-electron chi connectivity index (χ0n) is 22.3. The SMILES string of the molecule is COc1cccc(-c2cc(C(=O)NC[C@H](c3ccc(C(C)C)cc3)N3CCOCC3)c3ccccc3n2)c1. The molecular weight excluding hydrogens is 474 g/mol. The van der Waals surface area contributed by atoms with Crippen LogP contribution in [0, 0.1) is 0 Å². The van der Waals surface area contributed by atoms with Gasteiger partial charge in [-0.05, 0) is 41.3 Å². The van der Waals surface area contributed by atoms with Gasteiger partial charge in [-0.15, -0.1) is 0 Å². The Morgan fingerprint density at radius 1 is 0.974 bits per heavy atom. The van der Waals surface area contributed by atoms with Crippen LogP contribution in [-0.2, 0) is 4.74 Å². The molecule has 1 aliphatic rings.